The zero-order chi connectivity index (χ0) is 12.2. The maximum absolute atomic E-state index is 10.4. The molecule has 1 unspecified atom stereocenters. The Bertz CT molecular complexity index is 441. The third-order valence-electron chi connectivity index (χ3n) is 5.18. The zero-order valence-corrected chi connectivity index (χ0v) is 10.8. The van der Waals surface area contributed by atoms with Crippen LogP contribution in [0, 0.1) is 0 Å². The fourth-order valence-electron chi connectivity index (χ4n) is 4.03. The second-order valence-electron chi connectivity index (χ2n) is 6.33. The first kappa shape index (κ1) is 11.0. The van der Waals surface area contributed by atoms with Gasteiger partial charge in [-0.1, -0.05) is 24.3 Å². The lowest BCUT2D eigenvalue weighted by molar-refractivity contribution is 0.0327. The summed E-state index contributed by atoms with van der Waals surface area (Å²) in [5.41, 5.74) is 2.72. The second kappa shape index (κ2) is 3.82. The van der Waals surface area contributed by atoms with E-state index in [2.05, 4.69) is 29.2 Å². The van der Waals surface area contributed by atoms with Gasteiger partial charge in [0.05, 0.1) is 5.60 Å². The molecule has 1 saturated heterocycles. The van der Waals surface area contributed by atoms with Crippen LogP contribution in [-0.4, -0.2) is 34.2 Å². The van der Waals surface area contributed by atoms with Crippen molar-refractivity contribution < 1.29 is 5.11 Å². The maximum atomic E-state index is 10.4. The number of fused-ring (bicyclic) bond motifs is 1. The molecule has 0 aromatic heterocycles. The van der Waals surface area contributed by atoms with E-state index < -0.39 is 0 Å². The van der Waals surface area contributed by atoms with Crippen molar-refractivity contribution in [2.45, 2.75) is 56.2 Å². The summed E-state index contributed by atoms with van der Waals surface area (Å²) in [4.78, 5) is 2.62. The van der Waals surface area contributed by atoms with Crippen LogP contribution in [0.3, 0.4) is 0 Å². The molecule has 1 saturated carbocycles. The van der Waals surface area contributed by atoms with Crippen LogP contribution in [0.25, 0.3) is 0 Å². The van der Waals surface area contributed by atoms with Crippen molar-refractivity contribution >= 4 is 0 Å². The largest absolute Gasteiger partial charge is 0.388 e. The predicted octanol–water partition coefficient (Wildman–Crippen LogP) is 2.14. The number of rotatable bonds is 2. The SMILES string of the molecule is OC1(C2CCCN2C2Cc3ccccc3C2)CC1. The first-order valence-electron chi connectivity index (χ1n) is 7.31. The molecule has 1 heterocycles. The number of nitrogens with zero attached hydrogens (tertiary/aromatic N) is 1. The van der Waals surface area contributed by atoms with Crippen LogP contribution >= 0.6 is 0 Å². The van der Waals surface area contributed by atoms with Gasteiger partial charge in [0.1, 0.15) is 0 Å². The van der Waals surface area contributed by atoms with Gasteiger partial charge in [-0.25, -0.2) is 0 Å². The Balaban J connectivity index is 1.55. The molecule has 1 aromatic carbocycles. The Morgan fingerprint density at radius 3 is 2.39 bits per heavy atom. The monoisotopic (exact) mass is 243 g/mol. The van der Waals surface area contributed by atoms with Gasteiger partial charge >= 0.3 is 0 Å². The quantitative estimate of drug-likeness (QED) is 0.860. The lowest BCUT2D eigenvalue weighted by Crippen LogP contribution is -2.46. The van der Waals surface area contributed by atoms with Gasteiger partial charge in [0.2, 0.25) is 0 Å². The van der Waals surface area contributed by atoms with E-state index in [1.165, 1.54) is 43.4 Å². The summed E-state index contributed by atoms with van der Waals surface area (Å²) in [6, 6.07) is 9.92. The molecule has 1 aliphatic heterocycles. The Hall–Kier alpha value is -0.860. The van der Waals surface area contributed by atoms with Gasteiger partial charge < -0.3 is 5.11 Å². The molecule has 18 heavy (non-hydrogen) atoms. The maximum Gasteiger partial charge on any atom is 0.0804 e. The first-order valence-corrected chi connectivity index (χ1v) is 7.31. The fraction of sp³-hybridized carbons (Fsp3) is 0.625. The number of likely N-dealkylation sites (tertiary alicyclic amines) is 1. The molecule has 2 nitrogen and oxygen atoms in total. The van der Waals surface area contributed by atoms with Crippen LogP contribution in [0.4, 0.5) is 0 Å². The Kier molecular flexibility index (Phi) is 2.33. The van der Waals surface area contributed by atoms with Crippen LogP contribution in [-0.2, 0) is 12.8 Å². The molecule has 4 rings (SSSR count). The molecule has 3 aliphatic rings. The standard InChI is InChI=1S/C16H21NO/c18-16(7-8-16)15-6-3-9-17(15)14-10-12-4-1-2-5-13(12)11-14/h1-2,4-5,14-15,18H,3,6-11H2. The van der Waals surface area contributed by atoms with Crippen molar-refractivity contribution in [3.8, 4) is 0 Å². The van der Waals surface area contributed by atoms with Crippen LogP contribution in [0.2, 0.25) is 0 Å². The van der Waals surface area contributed by atoms with Crippen LogP contribution in [0.5, 0.6) is 0 Å². The minimum Gasteiger partial charge on any atom is -0.388 e. The molecule has 2 fully saturated rings. The topological polar surface area (TPSA) is 23.5 Å². The summed E-state index contributed by atoms with van der Waals surface area (Å²) < 4.78 is 0. The molecule has 0 spiro atoms. The fourth-order valence-corrected chi connectivity index (χ4v) is 4.03. The summed E-state index contributed by atoms with van der Waals surface area (Å²) in [5.74, 6) is 0. The van der Waals surface area contributed by atoms with E-state index in [4.69, 9.17) is 0 Å². The van der Waals surface area contributed by atoms with E-state index in [0.717, 1.165) is 12.8 Å². The summed E-state index contributed by atoms with van der Waals surface area (Å²) in [5, 5.41) is 10.4. The highest BCUT2D eigenvalue weighted by Crippen LogP contribution is 2.46. The number of benzene rings is 1. The van der Waals surface area contributed by atoms with E-state index in [9.17, 15) is 5.11 Å². The predicted molar refractivity (Wildman–Crippen MR) is 71.5 cm³/mol. The van der Waals surface area contributed by atoms with E-state index in [-0.39, 0.29) is 5.60 Å². The summed E-state index contributed by atoms with van der Waals surface area (Å²) >= 11 is 0. The van der Waals surface area contributed by atoms with Crippen molar-refractivity contribution in [1.29, 1.82) is 0 Å². The van der Waals surface area contributed by atoms with Gasteiger partial charge in [0.25, 0.3) is 0 Å². The average molecular weight is 243 g/mol. The smallest absolute Gasteiger partial charge is 0.0804 e. The van der Waals surface area contributed by atoms with Gasteiger partial charge in [0, 0.05) is 12.1 Å². The summed E-state index contributed by atoms with van der Waals surface area (Å²) in [6.07, 6.45) is 6.87. The first-order chi connectivity index (χ1) is 8.76. The molecular formula is C16H21NO. The van der Waals surface area contributed by atoms with Crippen LogP contribution in [0.15, 0.2) is 24.3 Å². The van der Waals surface area contributed by atoms with Crippen molar-refractivity contribution in [2.24, 2.45) is 0 Å². The van der Waals surface area contributed by atoms with Crippen LogP contribution < -0.4 is 0 Å². The third kappa shape index (κ3) is 1.63. The highest BCUT2D eigenvalue weighted by molar-refractivity contribution is 5.33. The minimum absolute atomic E-state index is 0.328. The zero-order valence-electron chi connectivity index (χ0n) is 10.8. The average Bonchev–Trinajstić information content (AvgIpc) is 2.87. The molecule has 2 aliphatic carbocycles. The highest BCUT2D eigenvalue weighted by Gasteiger charge is 2.52. The Labute approximate surface area is 109 Å². The normalized spacial score (nSPS) is 30.6. The van der Waals surface area contributed by atoms with Gasteiger partial charge in [-0.05, 0) is 56.2 Å². The molecule has 1 N–H and O–H groups in total. The van der Waals surface area contributed by atoms with E-state index >= 15 is 0 Å². The molecule has 0 radical (unpaired) electrons. The molecule has 0 amide bonds. The van der Waals surface area contributed by atoms with Crippen molar-refractivity contribution in [3.05, 3.63) is 35.4 Å². The second-order valence-corrected chi connectivity index (χ2v) is 6.33. The minimum atomic E-state index is -0.328. The van der Waals surface area contributed by atoms with Crippen molar-refractivity contribution in [2.75, 3.05) is 6.54 Å². The Morgan fingerprint density at radius 2 is 1.78 bits per heavy atom. The summed E-state index contributed by atoms with van der Waals surface area (Å²) in [7, 11) is 0. The molecule has 1 atom stereocenters. The van der Waals surface area contributed by atoms with E-state index in [1.54, 1.807) is 0 Å². The van der Waals surface area contributed by atoms with Gasteiger partial charge in [-0.3, -0.25) is 4.90 Å². The van der Waals surface area contributed by atoms with E-state index in [1.807, 2.05) is 0 Å². The van der Waals surface area contributed by atoms with Crippen LogP contribution in [0.1, 0.15) is 36.8 Å². The molecule has 1 aromatic rings. The number of hydrogen-bond acceptors (Lipinski definition) is 2. The van der Waals surface area contributed by atoms with Crippen molar-refractivity contribution in [1.82, 2.24) is 4.90 Å². The lowest BCUT2D eigenvalue weighted by Gasteiger charge is -2.33. The van der Waals surface area contributed by atoms with E-state index in [0.29, 0.717) is 12.1 Å². The van der Waals surface area contributed by atoms with Gasteiger partial charge in [-0.15, -0.1) is 0 Å². The van der Waals surface area contributed by atoms with Gasteiger partial charge in [0.15, 0.2) is 0 Å². The summed E-state index contributed by atoms with van der Waals surface area (Å²) in [6.45, 7) is 1.19. The molecule has 2 heteroatoms. The molecule has 0 bridgehead atoms. The van der Waals surface area contributed by atoms with Crippen molar-refractivity contribution in [3.63, 3.8) is 0 Å². The number of aliphatic hydroxyl groups is 1. The Morgan fingerprint density at radius 1 is 1.11 bits per heavy atom. The molecular weight excluding hydrogens is 222 g/mol. The number of hydrogen-bond donors (Lipinski definition) is 1. The third-order valence-corrected chi connectivity index (χ3v) is 5.18. The van der Waals surface area contributed by atoms with Gasteiger partial charge in [-0.2, -0.15) is 0 Å². The lowest BCUT2D eigenvalue weighted by atomic mass is 10.0. The highest BCUT2D eigenvalue weighted by atomic mass is 16.3. The molecule has 96 valence electrons.